The lowest BCUT2D eigenvalue weighted by Gasteiger charge is -2.21. The van der Waals surface area contributed by atoms with Crippen molar-refractivity contribution in [1.29, 1.82) is 0 Å². The van der Waals surface area contributed by atoms with Crippen molar-refractivity contribution in [2.45, 2.75) is 19.6 Å². The lowest BCUT2D eigenvalue weighted by molar-refractivity contribution is 0.195. The molecule has 7 heteroatoms. The summed E-state index contributed by atoms with van der Waals surface area (Å²) < 4.78 is 17.9. The normalized spacial score (nSPS) is 11.3. The summed E-state index contributed by atoms with van der Waals surface area (Å²) in [5, 5.41) is 0. The Labute approximate surface area is 214 Å². The van der Waals surface area contributed by atoms with Crippen molar-refractivity contribution in [2.75, 3.05) is 0 Å². The van der Waals surface area contributed by atoms with Gasteiger partial charge >= 0.3 is 0 Å². The summed E-state index contributed by atoms with van der Waals surface area (Å²) >= 11 is 0. The van der Waals surface area contributed by atoms with E-state index in [9.17, 15) is 0 Å². The maximum absolute atomic E-state index is 5.97. The molecule has 6 aromatic rings. The molecule has 0 aliphatic rings. The van der Waals surface area contributed by atoms with Crippen LogP contribution in [-0.4, -0.2) is 19.9 Å². The summed E-state index contributed by atoms with van der Waals surface area (Å²) in [5.41, 5.74) is 6.06. The summed E-state index contributed by atoms with van der Waals surface area (Å²) in [5.74, 6) is 2.53. The van der Waals surface area contributed by atoms with Crippen LogP contribution < -0.4 is 0 Å². The van der Waals surface area contributed by atoms with Gasteiger partial charge in [0.25, 0.3) is 0 Å². The Morgan fingerprint density at radius 3 is 1.14 bits per heavy atom. The number of hydrogen-bond acceptors (Lipinski definition) is 7. The summed E-state index contributed by atoms with van der Waals surface area (Å²) in [6.07, 6.45) is 16.0. The number of rotatable bonds is 9. The third kappa shape index (κ3) is 4.98. The van der Waals surface area contributed by atoms with E-state index in [-0.39, 0.29) is 0 Å². The van der Waals surface area contributed by atoms with E-state index >= 15 is 0 Å². The van der Waals surface area contributed by atoms with E-state index in [0.29, 0.717) is 19.6 Å². The third-order valence-corrected chi connectivity index (χ3v) is 6.26. The van der Waals surface area contributed by atoms with Crippen LogP contribution in [0.25, 0.3) is 33.4 Å². The van der Waals surface area contributed by atoms with Crippen LogP contribution in [0, 0.1) is 0 Å². The Kier molecular flexibility index (Phi) is 6.43. The first kappa shape index (κ1) is 22.7. The van der Waals surface area contributed by atoms with Crippen molar-refractivity contribution in [1.82, 2.24) is 19.9 Å². The standard InChI is InChI=1S/C30H24N4O3/c1-4-22(16-31-10-1)25-7-13-35-28(25)19-34(20-29-26(8-14-36-29)23-5-2-11-32-17-23)21-30-27(9-15-37-30)24-6-3-12-33-18-24/h1-18H,19-21H2. The van der Waals surface area contributed by atoms with Crippen LogP contribution in [0.15, 0.2) is 124 Å². The molecule has 0 spiro atoms. The predicted octanol–water partition coefficient (Wildman–Crippen LogP) is 6.85. The first-order valence-corrected chi connectivity index (χ1v) is 12.0. The predicted molar refractivity (Wildman–Crippen MR) is 139 cm³/mol. The minimum Gasteiger partial charge on any atom is -0.467 e. The Hall–Kier alpha value is -4.75. The van der Waals surface area contributed by atoms with Gasteiger partial charge in [0.05, 0.1) is 38.4 Å². The summed E-state index contributed by atoms with van der Waals surface area (Å²) in [6.45, 7) is 1.62. The maximum atomic E-state index is 5.97. The van der Waals surface area contributed by atoms with E-state index in [0.717, 1.165) is 50.7 Å². The second kappa shape index (κ2) is 10.5. The highest BCUT2D eigenvalue weighted by molar-refractivity contribution is 5.66. The average molecular weight is 489 g/mol. The minimum atomic E-state index is 0.539. The number of nitrogens with zero attached hydrogens (tertiary/aromatic N) is 4. The van der Waals surface area contributed by atoms with Crippen molar-refractivity contribution < 1.29 is 13.3 Å². The van der Waals surface area contributed by atoms with Gasteiger partial charge in [-0.05, 0) is 36.4 Å². The van der Waals surface area contributed by atoms with E-state index in [1.54, 1.807) is 37.4 Å². The van der Waals surface area contributed by atoms with Crippen molar-refractivity contribution in [2.24, 2.45) is 0 Å². The molecule has 0 saturated heterocycles. The number of furan rings is 3. The van der Waals surface area contributed by atoms with Gasteiger partial charge in [-0.3, -0.25) is 19.9 Å². The van der Waals surface area contributed by atoms with Gasteiger partial charge in [-0.2, -0.15) is 0 Å². The van der Waals surface area contributed by atoms with E-state index in [1.807, 2.05) is 73.2 Å². The zero-order chi connectivity index (χ0) is 24.9. The molecule has 37 heavy (non-hydrogen) atoms. The molecular weight excluding hydrogens is 464 g/mol. The van der Waals surface area contributed by atoms with Crippen LogP contribution in [0.4, 0.5) is 0 Å². The Bertz CT molecular complexity index is 1370. The highest BCUT2D eigenvalue weighted by Crippen LogP contribution is 2.31. The van der Waals surface area contributed by atoms with Gasteiger partial charge in [0.15, 0.2) is 0 Å². The molecule has 0 N–H and O–H groups in total. The second-order valence-electron chi connectivity index (χ2n) is 8.64. The topological polar surface area (TPSA) is 81.3 Å². The van der Waals surface area contributed by atoms with E-state index < -0.39 is 0 Å². The molecule has 0 fully saturated rings. The van der Waals surface area contributed by atoms with E-state index in [4.69, 9.17) is 13.3 Å². The molecule has 6 rings (SSSR count). The molecule has 0 aliphatic heterocycles. The van der Waals surface area contributed by atoms with E-state index in [1.165, 1.54) is 0 Å². The number of pyridine rings is 3. The maximum Gasteiger partial charge on any atom is 0.125 e. The van der Waals surface area contributed by atoms with Crippen LogP contribution in [0.1, 0.15) is 17.3 Å². The summed E-state index contributed by atoms with van der Waals surface area (Å²) in [6, 6.07) is 17.8. The van der Waals surface area contributed by atoms with Crippen LogP contribution in [0.3, 0.4) is 0 Å². The van der Waals surface area contributed by atoms with Gasteiger partial charge in [-0.1, -0.05) is 18.2 Å². The molecule has 7 nitrogen and oxygen atoms in total. The van der Waals surface area contributed by atoms with Crippen LogP contribution in [0.5, 0.6) is 0 Å². The van der Waals surface area contributed by atoms with Crippen molar-refractivity contribution in [3.05, 3.63) is 128 Å². The monoisotopic (exact) mass is 488 g/mol. The number of hydrogen-bond donors (Lipinski definition) is 0. The van der Waals surface area contributed by atoms with Crippen molar-refractivity contribution in [3.63, 3.8) is 0 Å². The van der Waals surface area contributed by atoms with Gasteiger partial charge < -0.3 is 13.3 Å². The van der Waals surface area contributed by atoms with Gasteiger partial charge in [-0.25, -0.2) is 0 Å². The molecule has 6 heterocycles. The zero-order valence-corrected chi connectivity index (χ0v) is 20.0. The Morgan fingerprint density at radius 1 is 0.486 bits per heavy atom. The lowest BCUT2D eigenvalue weighted by atomic mass is 10.1. The Balaban J connectivity index is 1.34. The first-order valence-electron chi connectivity index (χ1n) is 12.0. The number of aromatic nitrogens is 3. The molecule has 0 atom stereocenters. The third-order valence-electron chi connectivity index (χ3n) is 6.26. The zero-order valence-electron chi connectivity index (χ0n) is 20.0. The molecular formula is C30H24N4O3. The molecule has 0 aromatic carbocycles. The smallest absolute Gasteiger partial charge is 0.125 e. The van der Waals surface area contributed by atoms with Gasteiger partial charge in [0.2, 0.25) is 0 Å². The SMILES string of the molecule is c1cncc(-c2ccoc2CN(Cc2occc2-c2cccnc2)Cc2occc2-c2cccnc2)c1. The fourth-order valence-corrected chi connectivity index (χ4v) is 4.50. The van der Waals surface area contributed by atoms with Crippen molar-refractivity contribution >= 4 is 0 Å². The van der Waals surface area contributed by atoms with Gasteiger partial charge in [0.1, 0.15) is 17.3 Å². The molecule has 0 unspecified atom stereocenters. The highest BCUT2D eigenvalue weighted by atomic mass is 16.3. The quantitative estimate of drug-likeness (QED) is 0.220. The summed E-state index contributed by atoms with van der Waals surface area (Å²) in [7, 11) is 0. The van der Waals surface area contributed by atoms with Crippen LogP contribution in [-0.2, 0) is 19.6 Å². The average Bonchev–Trinajstić information content (AvgIpc) is 3.72. The minimum absolute atomic E-state index is 0.539. The van der Waals surface area contributed by atoms with E-state index in [2.05, 4.69) is 19.9 Å². The lowest BCUT2D eigenvalue weighted by Crippen LogP contribution is -2.22. The molecule has 0 amide bonds. The van der Waals surface area contributed by atoms with Gasteiger partial charge in [0, 0.05) is 70.6 Å². The molecule has 6 aromatic heterocycles. The Morgan fingerprint density at radius 2 is 0.838 bits per heavy atom. The summed E-state index contributed by atoms with van der Waals surface area (Å²) in [4.78, 5) is 15.1. The molecule has 0 saturated carbocycles. The molecule has 0 aliphatic carbocycles. The fraction of sp³-hybridized carbons (Fsp3) is 0.100. The highest BCUT2D eigenvalue weighted by Gasteiger charge is 2.21. The molecule has 0 radical (unpaired) electrons. The first-order chi connectivity index (χ1) is 18.3. The van der Waals surface area contributed by atoms with Crippen LogP contribution in [0.2, 0.25) is 0 Å². The molecule has 0 bridgehead atoms. The largest absolute Gasteiger partial charge is 0.467 e. The van der Waals surface area contributed by atoms with Crippen molar-refractivity contribution in [3.8, 4) is 33.4 Å². The molecule has 182 valence electrons. The van der Waals surface area contributed by atoms with Crippen LogP contribution >= 0.6 is 0 Å². The van der Waals surface area contributed by atoms with Gasteiger partial charge in [-0.15, -0.1) is 0 Å². The fourth-order valence-electron chi connectivity index (χ4n) is 4.50. The second-order valence-corrected chi connectivity index (χ2v) is 8.64.